The number of rotatable bonds is 8. The van der Waals surface area contributed by atoms with E-state index in [1.807, 2.05) is 0 Å². The van der Waals surface area contributed by atoms with Crippen LogP contribution in [0.4, 0.5) is 0 Å². The van der Waals surface area contributed by atoms with Gasteiger partial charge in [0, 0.05) is 13.1 Å². The number of hydrogen-bond donors (Lipinski definition) is 0. The van der Waals surface area contributed by atoms with Gasteiger partial charge in [0.15, 0.2) is 6.23 Å². The second-order valence-corrected chi connectivity index (χ2v) is 8.29. The Hall–Kier alpha value is -1.02. The van der Waals surface area contributed by atoms with Crippen LogP contribution in [0.5, 0.6) is 5.75 Å². The van der Waals surface area contributed by atoms with Crippen molar-refractivity contribution in [2.24, 2.45) is 0 Å². The summed E-state index contributed by atoms with van der Waals surface area (Å²) in [6, 6.07) is 8.73. The second-order valence-electron chi connectivity index (χ2n) is 8.29. The highest BCUT2D eigenvalue weighted by Crippen LogP contribution is 2.26. The number of hydrogen-bond acceptors (Lipinski definition) is 2. The standard InChI is InChI=1S/C22H37NO/c1-5-6-7-8-10-17-23-18-11-9-12-21(23)24-20-15-13-19(14-16-20)22(2,3)4/h13-16,21H,5-12,17-18H2,1-4H3. The SMILES string of the molecule is CCCCCCCN1CCCCC1Oc1ccc(C(C)(C)C)cc1. The molecule has 1 atom stereocenters. The minimum atomic E-state index is 0.202. The van der Waals surface area contributed by atoms with Gasteiger partial charge in [-0.3, -0.25) is 4.90 Å². The number of likely N-dealkylation sites (tertiary alicyclic amines) is 1. The predicted molar refractivity (Wildman–Crippen MR) is 104 cm³/mol. The maximum Gasteiger partial charge on any atom is 0.152 e. The molecule has 0 bridgehead atoms. The maximum absolute atomic E-state index is 6.34. The smallest absolute Gasteiger partial charge is 0.152 e. The third-order valence-corrected chi connectivity index (χ3v) is 5.10. The van der Waals surface area contributed by atoms with Crippen LogP contribution in [0.2, 0.25) is 0 Å². The molecule has 0 spiro atoms. The van der Waals surface area contributed by atoms with E-state index >= 15 is 0 Å². The topological polar surface area (TPSA) is 12.5 Å². The monoisotopic (exact) mass is 331 g/mol. The van der Waals surface area contributed by atoms with Gasteiger partial charge in [-0.2, -0.15) is 0 Å². The van der Waals surface area contributed by atoms with Gasteiger partial charge in [-0.1, -0.05) is 65.5 Å². The molecule has 0 N–H and O–H groups in total. The Balaban J connectivity index is 1.86. The molecular weight excluding hydrogens is 294 g/mol. The Morgan fingerprint density at radius 2 is 1.71 bits per heavy atom. The fraction of sp³-hybridized carbons (Fsp3) is 0.727. The van der Waals surface area contributed by atoms with Crippen LogP contribution in [0, 0.1) is 0 Å². The van der Waals surface area contributed by atoms with Gasteiger partial charge in [0.05, 0.1) is 0 Å². The summed E-state index contributed by atoms with van der Waals surface area (Å²) in [5.74, 6) is 1.02. The van der Waals surface area contributed by atoms with Crippen LogP contribution in [-0.2, 0) is 5.41 Å². The molecule has 1 aliphatic heterocycles. The summed E-state index contributed by atoms with van der Waals surface area (Å²) in [4.78, 5) is 2.56. The first-order chi connectivity index (χ1) is 11.5. The molecule has 1 aliphatic rings. The molecule has 0 aromatic heterocycles. The minimum absolute atomic E-state index is 0.202. The van der Waals surface area contributed by atoms with Crippen LogP contribution in [0.15, 0.2) is 24.3 Å². The summed E-state index contributed by atoms with van der Waals surface area (Å²) in [6.07, 6.45) is 10.8. The van der Waals surface area contributed by atoms with Gasteiger partial charge in [0.1, 0.15) is 5.75 Å². The predicted octanol–water partition coefficient (Wildman–Crippen LogP) is 6.15. The lowest BCUT2D eigenvalue weighted by molar-refractivity contribution is -0.00475. The van der Waals surface area contributed by atoms with E-state index < -0.39 is 0 Å². The lowest BCUT2D eigenvalue weighted by atomic mass is 9.87. The Morgan fingerprint density at radius 1 is 1.00 bits per heavy atom. The van der Waals surface area contributed by atoms with Gasteiger partial charge in [0.25, 0.3) is 0 Å². The summed E-state index contributed by atoms with van der Waals surface area (Å²) >= 11 is 0. The molecule has 0 saturated carbocycles. The molecule has 2 rings (SSSR count). The Labute approximate surface area is 149 Å². The van der Waals surface area contributed by atoms with E-state index in [4.69, 9.17) is 4.74 Å². The van der Waals surface area contributed by atoms with Crippen LogP contribution in [0.1, 0.15) is 84.6 Å². The van der Waals surface area contributed by atoms with Crippen LogP contribution in [0.3, 0.4) is 0 Å². The van der Waals surface area contributed by atoms with E-state index in [1.165, 1.54) is 63.6 Å². The molecule has 0 radical (unpaired) electrons. The molecule has 2 heteroatoms. The quantitative estimate of drug-likeness (QED) is 0.530. The zero-order valence-electron chi connectivity index (χ0n) is 16.3. The lowest BCUT2D eigenvalue weighted by Gasteiger charge is -2.35. The molecule has 1 saturated heterocycles. The van der Waals surface area contributed by atoms with Crippen molar-refractivity contribution in [1.82, 2.24) is 4.90 Å². The van der Waals surface area contributed by atoms with Crippen LogP contribution < -0.4 is 4.74 Å². The van der Waals surface area contributed by atoms with Gasteiger partial charge < -0.3 is 4.74 Å². The molecule has 0 amide bonds. The largest absolute Gasteiger partial charge is 0.475 e. The third-order valence-electron chi connectivity index (χ3n) is 5.10. The summed E-state index contributed by atoms with van der Waals surface area (Å²) in [7, 11) is 0. The highest BCUT2D eigenvalue weighted by Gasteiger charge is 2.23. The van der Waals surface area contributed by atoms with E-state index in [0.717, 1.165) is 12.2 Å². The molecular formula is C22H37NO. The van der Waals surface area contributed by atoms with Gasteiger partial charge in [0.2, 0.25) is 0 Å². The average molecular weight is 332 g/mol. The van der Waals surface area contributed by atoms with Crippen molar-refractivity contribution in [2.45, 2.75) is 90.7 Å². The van der Waals surface area contributed by atoms with Crippen molar-refractivity contribution in [3.8, 4) is 5.75 Å². The number of piperidine rings is 1. The van der Waals surface area contributed by atoms with Crippen molar-refractivity contribution in [3.05, 3.63) is 29.8 Å². The first kappa shape index (κ1) is 19.3. The molecule has 1 aromatic carbocycles. The van der Waals surface area contributed by atoms with Gasteiger partial charge >= 0.3 is 0 Å². The second kappa shape index (κ2) is 9.46. The van der Waals surface area contributed by atoms with Crippen LogP contribution in [-0.4, -0.2) is 24.2 Å². The third kappa shape index (κ3) is 6.12. The van der Waals surface area contributed by atoms with Gasteiger partial charge in [-0.05, 0) is 48.8 Å². The molecule has 2 nitrogen and oxygen atoms in total. The van der Waals surface area contributed by atoms with Crippen molar-refractivity contribution >= 4 is 0 Å². The summed E-state index contributed by atoms with van der Waals surface area (Å²) in [6.45, 7) is 11.4. The lowest BCUT2D eigenvalue weighted by Crippen LogP contribution is -2.43. The molecule has 1 aromatic rings. The van der Waals surface area contributed by atoms with E-state index in [2.05, 4.69) is 56.9 Å². The first-order valence-corrected chi connectivity index (χ1v) is 10.0. The van der Waals surface area contributed by atoms with E-state index in [9.17, 15) is 0 Å². The zero-order valence-corrected chi connectivity index (χ0v) is 16.3. The average Bonchev–Trinajstić information content (AvgIpc) is 2.56. The summed E-state index contributed by atoms with van der Waals surface area (Å²) in [5, 5.41) is 0. The Kier molecular flexibility index (Phi) is 7.61. The molecule has 136 valence electrons. The number of ether oxygens (including phenoxy) is 1. The van der Waals surface area contributed by atoms with Crippen molar-refractivity contribution in [2.75, 3.05) is 13.1 Å². The molecule has 1 unspecified atom stereocenters. The minimum Gasteiger partial charge on any atom is -0.475 e. The van der Waals surface area contributed by atoms with Crippen molar-refractivity contribution in [3.63, 3.8) is 0 Å². The van der Waals surface area contributed by atoms with Gasteiger partial charge in [-0.15, -0.1) is 0 Å². The highest BCUT2D eigenvalue weighted by molar-refractivity contribution is 5.31. The Bertz CT molecular complexity index is 460. The van der Waals surface area contributed by atoms with Crippen LogP contribution in [0.25, 0.3) is 0 Å². The van der Waals surface area contributed by atoms with E-state index in [-0.39, 0.29) is 11.6 Å². The van der Waals surface area contributed by atoms with Crippen molar-refractivity contribution in [1.29, 1.82) is 0 Å². The normalized spacial score (nSPS) is 19.4. The van der Waals surface area contributed by atoms with Crippen LogP contribution >= 0.6 is 0 Å². The molecule has 1 heterocycles. The maximum atomic E-state index is 6.34. The molecule has 24 heavy (non-hydrogen) atoms. The molecule has 0 aliphatic carbocycles. The zero-order chi connectivity index (χ0) is 17.4. The van der Waals surface area contributed by atoms with Gasteiger partial charge in [-0.25, -0.2) is 0 Å². The summed E-state index contributed by atoms with van der Waals surface area (Å²) < 4.78 is 6.34. The van der Waals surface area contributed by atoms with E-state index in [1.54, 1.807) is 0 Å². The number of unbranched alkanes of at least 4 members (excludes halogenated alkanes) is 4. The molecule has 1 fully saturated rings. The number of nitrogens with zero attached hydrogens (tertiary/aromatic N) is 1. The van der Waals surface area contributed by atoms with Crippen molar-refractivity contribution < 1.29 is 4.74 Å². The first-order valence-electron chi connectivity index (χ1n) is 10.0. The fourth-order valence-electron chi connectivity index (χ4n) is 3.46. The van der Waals surface area contributed by atoms with E-state index in [0.29, 0.717) is 0 Å². The fourth-order valence-corrected chi connectivity index (χ4v) is 3.46. The number of benzene rings is 1. The highest BCUT2D eigenvalue weighted by atomic mass is 16.5. The summed E-state index contributed by atoms with van der Waals surface area (Å²) in [5.41, 5.74) is 1.57. The Morgan fingerprint density at radius 3 is 2.38 bits per heavy atom.